The highest BCUT2D eigenvalue weighted by molar-refractivity contribution is 5.85. The van der Waals surface area contributed by atoms with E-state index in [1.165, 1.54) is 0 Å². The number of oxazole rings is 1. The number of nitrogen functional groups attached to an aromatic ring is 1. The van der Waals surface area contributed by atoms with Gasteiger partial charge in [-0.15, -0.1) is 0 Å². The predicted octanol–water partition coefficient (Wildman–Crippen LogP) is 1.42. The van der Waals surface area contributed by atoms with Gasteiger partial charge in [0.2, 0.25) is 5.91 Å². The van der Waals surface area contributed by atoms with E-state index in [1.54, 1.807) is 12.1 Å². The molecule has 21 heavy (non-hydrogen) atoms. The predicted molar refractivity (Wildman–Crippen MR) is 82.2 cm³/mol. The van der Waals surface area contributed by atoms with E-state index in [0.717, 1.165) is 0 Å². The van der Waals surface area contributed by atoms with Gasteiger partial charge in [-0.25, -0.2) is 4.79 Å². The number of fused-ring (bicyclic) bond motifs is 1. The SMILES string of the molecule is CC(C)(C)NC(=O)CCNc1cc2[nH]c(=O)oc2cc1N. The summed E-state index contributed by atoms with van der Waals surface area (Å²) in [6.07, 6.45) is 0.330. The van der Waals surface area contributed by atoms with E-state index in [4.69, 9.17) is 10.2 Å². The summed E-state index contributed by atoms with van der Waals surface area (Å²) in [6, 6.07) is 3.27. The van der Waals surface area contributed by atoms with Gasteiger partial charge in [0.05, 0.1) is 16.9 Å². The molecule has 7 heteroatoms. The lowest BCUT2D eigenvalue weighted by Crippen LogP contribution is -2.41. The van der Waals surface area contributed by atoms with Crippen LogP contribution in [-0.2, 0) is 4.79 Å². The number of nitrogens with one attached hydrogen (secondary N) is 3. The highest BCUT2D eigenvalue weighted by Gasteiger charge is 2.13. The van der Waals surface area contributed by atoms with Crippen LogP contribution in [0.25, 0.3) is 11.1 Å². The Bertz CT molecular complexity index is 709. The first-order chi connectivity index (χ1) is 9.74. The van der Waals surface area contributed by atoms with Crippen LogP contribution in [-0.4, -0.2) is 23.0 Å². The number of carbonyl (C=O) groups is 1. The molecule has 1 amide bonds. The van der Waals surface area contributed by atoms with Gasteiger partial charge < -0.3 is 20.8 Å². The first kappa shape index (κ1) is 15.0. The summed E-state index contributed by atoms with van der Waals surface area (Å²) in [5, 5.41) is 5.96. The van der Waals surface area contributed by atoms with Crippen LogP contribution >= 0.6 is 0 Å². The number of nitrogens with two attached hydrogens (primary N) is 1. The third kappa shape index (κ3) is 4.01. The standard InChI is InChI=1S/C14H20N4O3/c1-14(2,3)18-12(19)4-5-16-9-7-10-11(6-8(9)15)21-13(20)17-10/h6-7,16H,4-5,15H2,1-3H3,(H,17,20)(H,18,19). The van der Waals surface area contributed by atoms with Gasteiger partial charge in [0.1, 0.15) is 0 Å². The van der Waals surface area contributed by atoms with E-state index in [9.17, 15) is 9.59 Å². The molecule has 0 saturated carbocycles. The Hall–Kier alpha value is -2.44. The summed E-state index contributed by atoms with van der Waals surface area (Å²) in [6.45, 7) is 6.23. The number of aromatic amines is 1. The molecule has 2 aromatic rings. The average molecular weight is 292 g/mol. The normalized spacial score (nSPS) is 11.6. The van der Waals surface area contributed by atoms with Crippen molar-refractivity contribution in [1.29, 1.82) is 0 Å². The minimum Gasteiger partial charge on any atom is -0.408 e. The largest absolute Gasteiger partial charge is 0.417 e. The van der Waals surface area contributed by atoms with E-state index < -0.39 is 5.76 Å². The lowest BCUT2D eigenvalue weighted by Gasteiger charge is -2.20. The second-order valence-corrected chi connectivity index (χ2v) is 5.93. The fourth-order valence-corrected chi connectivity index (χ4v) is 1.96. The zero-order valence-corrected chi connectivity index (χ0v) is 12.4. The van der Waals surface area contributed by atoms with E-state index in [-0.39, 0.29) is 11.4 Å². The van der Waals surface area contributed by atoms with Gasteiger partial charge in [0.25, 0.3) is 0 Å². The summed E-state index contributed by atoms with van der Waals surface area (Å²) in [7, 11) is 0. The van der Waals surface area contributed by atoms with Gasteiger partial charge in [0.15, 0.2) is 5.58 Å². The number of aromatic nitrogens is 1. The number of anilines is 2. The van der Waals surface area contributed by atoms with Gasteiger partial charge in [0, 0.05) is 24.6 Å². The smallest absolute Gasteiger partial charge is 0.408 e. The highest BCUT2D eigenvalue weighted by atomic mass is 16.4. The number of hydrogen-bond donors (Lipinski definition) is 4. The van der Waals surface area contributed by atoms with Gasteiger partial charge in [-0.1, -0.05) is 0 Å². The monoisotopic (exact) mass is 292 g/mol. The summed E-state index contributed by atoms with van der Waals surface area (Å²) in [4.78, 5) is 25.4. The van der Waals surface area contributed by atoms with Crippen LogP contribution in [0.5, 0.6) is 0 Å². The molecule has 7 nitrogen and oxygen atoms in total. The van der Waals surface area contributed by atoms with Gasteiger partial charge in [-0.05, 0) is 26.8 Å². The van der Waals surface area contributed by atoms with Gasteiger partial charge >= 0.3 is 5.76 Å². The molecule has 0 aliphatic rings. The fourth-order valence-electron chi connectivity index (χ4n) is 1.96. The maximum Gasteiger partial charge on any atom is 0.417 e. The number of H-pyrrole nitrogens is 1. The molecular formula is C14H20N4O3. The Morgan fingerprint density at radius 2 is 2.10 bits per heavy atom. The number of amides is 1. The molecule has 5 N–H and O–H groups in total. The third-order valence-corrected chi connectivity index (χ3v) is 2.77. The van der Waals surface area contributed by atoms with Crippen LogP contribution in [0.3, 0.4) is 0 Å². The van der Waals surface area contributed by atoms with Gasteiger partial charge in [-0.3, -0.25) is 9.78 Å². The number of benzene rings is 1. The van der Waals surface area contributed by atoms with Crippen LogP contribution in [0.15, 0.2) is 21.3 Å². The van der Waals surface area contributed by atoms with Crippen molar-refractivity contribution in [3.05, 3.63) is 22.7 Å². The molecule has 114 valence electrons. The van der Waals surface area contributed by atoms with Crippen molar-refractivity contribution < 1.29 is 9.21 Å². The van der Waals surface area contributed by atoms with E-state index >= 15 is 0 Å². The van der Waals surface area contributed by atoms with Crippen molar-refractivity contribution in [3.63, 3.8) is 0 Å². The molecule has 2 rings (SSSR count). The maximum atomic E-state index is 11.7. The Balaban J connectivity index is 1.99. The Labute approximate surface area is 121 Å². The van der Waals surface area contributed by atoms with Crippen molar-refractivity contribution in [3.8, 4) is 0 Å². The molecule has 1 heterocycles. The lowest BCUT2D eigenvalue weighted by atomic mass is 10.1. The number of rotatable bonds is 4. The Morgan fingerprint density at radius 1 is 1.38 bits per heavy atom. The van der Waals surface area contributed by atoms with Crippen LogP contribution in [0.4, 0.5) is 11.4 Å². The lowest BCUT2D eigenvalue weighted by molar-refractivity contribution is -0.122. The molecule has 1 aromatic heterocycles. The fraction of sp³-hybridized carbons (Fsp3) is 0.429. The van der Waals surface area contributed by atoms with Crippen LogP contribution in [0.1, 0.15) is 27.2 Å². The minimum atomic E-state index is -0.522. The molecule has 1 aromatic carbocycles. The molecule has 0 aliphatic heterocycles. The van der Waals surface area contributed by atoms with Crippen LogP contribution in [0.2, 0.25) is 0 Å². The second-order valence-electron chi connectivity index (χ2n) is 5.93. The summed E-state index contributed by atoms with van der Waals surface area (Å²) < 4.78 is 4.92. The van der Waals surface area contributed by atoms with E-state index in [1.807, 2.05) is 20.8 Å². The molecular weight excluding hydrogens is 272 g/mol. The molecule has 0 saturated heterocycles. The zero-order chi connectivity index (χ0) is 15.6. The summed E-state index contributed by atoms with van der Waals surface area (Å²) in [5.41, 5.74) is 7.72. The highest BCUT2D eigenvalue weighted by Crippen LogP contribution is 2.24. The van der Waals surface area contributed by atoms with Crippen molar-refractivity contribution in [2.75, 3.05) is 17.6 Å². The molecule has 0 spiro atoms. The quantitative estimate of drug-likeness (QED) is 0.636. The van der Waals surface area contributed by atoms with Gasteiger partial charge in [-0.2, -0.15) is 0 Å². The first-order valence-corrected chi connectivity index (χ1v) is 6.72. The Kier molecular flexibility index (Phi) is 3.93. The van der Waals surface area contributed by atoms with Crippen molar-refractivity contribution in [2.24, 2.45) is 0 Å². The van der Waals surface area contributed by atoms with Crippen molar-refractivity contribution >= 4 is 28.4 Å². The average Bonchev–Trinajstić information content (AvgIpc) is 2.66. The molecule has 0 fully saturated rings. The van der Waals surface area contributed by atoms with Crippen molar-refractivity contribution in [1.82, 2.24) is 10.3 Å². The Morgan fingerprint density at radius 3 is 2.76 bits per heavy atom. The molecule has 0 aliphatic carbocycles. The molecule has 0 unspecified atom stereocenters. The second kappa shape index (κ2) is 5.51. The van der Waals surface area contributed by atoms with Crippen molar-refractivity contribution in [2.45, 2.75) is 32.7 Å². The third-order valence-electron chi connectivity index (χ3n) is 2.77. The first-order valence-electron chi connectivity index (χ1n) is 6.72. The van der Waals surface area contributed by atoms with E-state index in [2.05, 4.69) is 15.6 Å². The zero-order valence-electron chi connectivity index (χ0n) is 12.4. The summed E-state index contributed by atoms with van der Waals surface area (Å²) in [5.74, 6) is -0.558. The van der Waals surface area contributed by atoms with Crippen LogP contribution < -0.4 is 22.1 Å². The topological polar surface area (TPSA) is 113 Å². The molecule has 0 atom stereocenters. The molecule has 0 radical (unpaired) electrons. The summed E-state index contributed by atoms with van der Waals surface area (Å²) >= 11 is 0. The number of carbonyl (C=O) groups excluding carboxylic acids is 1. The van der Waals surface area contributed by atoms with Crippen LogP contribution in [0, 0.1) is 0 Å². The maximum absolute atomic E-state index is 11.7. The minimum absolute atomic E-state index is 0.0358. The molecule has 0 bridgehead atoms. The van der Waals surface area contributed by atoms with E-state index in [0.29, 0.717) is 35.4 Å². The number of hydrogen-bond acceptors (Lipinski definition) is 5.